The monoisotopic (exact) mass is 315 g/mol. The van der Waals surface area contributed by atoms with E-state index in [-0.39, 0.29) is 18.4 Å². The fraction of sp³-hybridized carbons (Fsp3) is 0.353. The number of methoxy groups -OCH3 is 1. The Balaban J connectivity index is 2.08. The van der Waals surface area contributed by atoms with Crippen molar-refractivity contribution in [2.24, 2.45) is 0 Å². The van der Waals surface area contributed by atoms with E-state index in [0.717, 1.165) is 23.3 Å². The van der Waals surface area contributed by atoms with E-state index in [2.05, 4.69) is 10.3 Å². The van der Waals surface area contributed by atoms with Gasteiger partial charge in [0.25, 0.3) is 0 Å². The number of aromatic nitrogens is 2. The Morgan fingerprint density at radius 2 is 2.13 bits per heavy atom. The highest BCUT2D eigenvalue weighted by atomic mass is 16.5. The quantitative estimate of drug-likeness (QED) is 0.481. The van der Waals surface area contributed by atoms with Crippen molar-refractivity contribution in [3.05, 3.63) is 42.2 Å². The van der Waals surface area contributed by atoms with E-state index < -0.39 is 0 Å². The molecule has 23 heavy (non-hydrogen) atoms. The number of amides is 1. The van der Waals surface area contributed by atoms with Crippen molar-refractivity contribution in [2.45, 2.75) is 26.3 Å². The van der Waals surface area contributed by atoms with Crippen LogP contribution in [0.5, 0.6) is 0 Å². The van der Waals surface area contributed by atoms with E-state index in [0.29, 0.717) is 13.0 Å². The second kappa shape index (κ2) is 8.12. The second-order valence-electron chi connectivity index (χ2n) is 5.07. The summed E-state index contributed by atoms with van der Waals surface area (Å²) in [6.45, 7) is 2.50. The van der Waals surface area contributed by atoms with Crippen molar-refractivity contribution < 1.29 is 14.3 Å². The molecular formula is C17H21N3O3. The number of imidazole rings is 1. The van der Waals surface area contributed by atoms with Gasteiger partial charge in [0.15, 0.2) is 0 Å². The van der Waals surface area contributed by atoms with Gasteiger partial charge in [-0.15, -0.1) is 0 Å². The number of nitrogens with zero attached hydrogens (tertiary/aromatic N) is 2. The number of aryl methyl sites for hydroxylation is 1. The van der Waals surface area contributed by atoms with E-state index in [1.165, 1.54) is 13.2 Å². The molecule has 0 spiro atoms. The molecule has 1 heterocycles. The first kappa shape index (κ1) is 16.7. The van der Waals surface area contributed by atoms with E-state index in [9.17, 15) is 9.59 Å². The number of hydrogen-bond donors (Lipinski definition) is 1. The van der Waals surface area contributed by atoms with Crippen molar-refractivity contribution in [3.63, 3.8) is 0 Å². The van der Waals surface area contributed by atoms with Crippen molar-refractivity contribution in [3.8, 4) is 0 Å². The van der Waals surface area contributed by atoms with Crippen LogP contribution in [0.15, 0.2) is 36.4 Å². The molecule has 122 valence electrons. The summed E-state index contributed by atoms with van der Waals surface area (Å²) in [7, 11) is 1.37. The Kier molecular flexibility index (Phi) is 5.91. The third kappa shape index (κ3) is 4.42. The summed E-state index contributed by atoms with van der Waals surface area (Å²) in [5.41, 5.74) is 1.76. The van der Waals surface area contributed by atoms with E-state index in [4.69, 9.17) is 4.74 Å². The van der Waals surface area contributed by atoms with Crippen LogP contribution in [0.4, 0.5) is 0 Å². The van der Waals surface area contributed by atoms with Gasteiger partial charge in [-0.3, -0.25) is 9.59 Å². The summed E-state index contributed by atoms with van der Waals surface area (Å²) in [5, 5.41) is 2.80. The van der Waals surface area contributed by atoms with Gasteiger partial charge in [0, 0.05) is 13.0 Å². The van der Waals surface area contributed by atoms with Gasteiger partial charge < -0.3 is 14.6 Å². The number of esters is 1. The van der Waals surface area contributed by atoms with Gasteiger partial charge >= 0.3 is 5.97 Å². The highest BCUT2D eigenvalue weighted by Crippen LogP contribution is 2.17. The first-order chi connectivity index (χ1) is 11.2. The van der Waals surface area contributed by atoms with Gasteiger partial charge in [-0.05, 0) is 31.6 Å². The lowest BCUT2D eigenvalue weighted by atomic mass is 10.3. The van der Waals surface area contributed by atoms with Gasteiger partial charge in [-0.2, -0.15) is 0 Å². The number of para-hydroxylation sites is 2. The number of nitrogens with one attached hydrogen (secondary N) is 1. The Bertz CT molecular complexity index is 719. The summed E-state index contributed by atoms with van der Waals surface area (Å²) < 4.78 is 6.63. The summed E-state index contributed by atoms with van der Waals surface area (Å²) in [6.07, 6.45) is 4.60. The number of fused-ring (bicyclic) bond motifs is 1. The molecule has 0 aliphatic heterocycles. The molecule has 0 radical (unpaired) electrons. The lowest BCUT2D eigenvalue weighted by Gasteiger charge is -2.08. The fourth-order valence-electron chi connectivity index (χ4n) is 2.35. The Morgan fingerprint density at radius 1 is 1.35 bits per heavy atom. The topological polar surface area (TPSA) is 73.2 Å². The first-order valence-corrected chi connectivity index (χ1v) is 7.57. The van der Waals surface area contributed by atoms with Crippen LogP contribution in [-0.2, 0) is 27.3 Å². The zero-order valence-electron chi connectivity index (χ0n) is 13.4. The molecule has 6 heteroatoms. The second-order valence-corrected chi connectivity index (χ2v) is 5.07. The standard InChI is InChI=1S/C17H21N3O3/c1-3-7-16(21)18-11-6-10-15-19-13-8-4-5-9-14(13)20(15)12-17(22)23-2/h3-5,7-9H,6,10-12H2,1-2H3,(H,18,21)/b7-3-. The zero-order chi connectivity index (χ0) is 16.7. The number of hydrogen-bond acceptors (Lipinski definition) is 4. The SMILES string of the molecule is C/C=C\C(=O)NCCCc1nc2ccccc2n1CC(=O)OC. The average molecular weight is 315 g/mol. The molecule has 1 amide bonds. The maximum absolute atomic E-state index is 11.6. The summed E-state index contributed by atoms with van der Waals surface area (Å²) in [5.74, 6) is 0.406. The van der Waals surface area contributed by atoms with Gasteiger partial charge in [0.2, 0.25) is 5.91 Å². The van der Waals surface area contributed by atoms with Crippen LogP contribution in [0.3, 0.4) is 0 Å². The van der Waals surface area contributed by atoms with Gasteiger partial charge in [0.05, 0.1) is 18.1 Å². The Hall–Kier alpha value is -2.63. The molecule has 6 nitrogen and oxygen atoms in total. The van der Waals surface area contributed by atoms with Crippen molar-refractivity contribution in [1.82, 2.24) is 14.9 Å². The van der Waals surface area contributed by atoms with E-state index >= 15 is 0 Å². The first-order valence-electron chi connectivity index (χ1n) is 7.57. The molecule has 0 bridgehead atoms. The largest absolute Gasteiger partial charge is 0.468 e. The minimum Gasteiger partial charge on any atom is -0.468 e. The number of rotatable bonds is 7. The molecular weight excluding hydrogens is 294 g/mol. The van der Waals surface area contributed by atoms with E-state index in [1.807, 2.05) is 28.8 Å². The Labute approximate surface area is 135 Å². The van der Waals surface area contributed by atoms with Gasteiger partial charge in [-0.1, -0.05) is 18.2 Å². The molecule has 0 aliphatic rings. The Morgan fingerprint density at radius 3 is 2.87 bits per heavy atom. The summed E-state index contributed by atoms with van der Waals surface area (Å²) >= 11 is 0. The molecule has 0 saturated heterocycles. The number of benzene rings is 1. The van der Waals surface area contributed by atoms with Crippen LogP contribution in [0.25, 0.3) is 11.0 Å². The van der Waals surface area contributed by atoms with Crippen LogP contribution in [0.2, 0.25) is 0 Å². The van der Waals surface area contributed by atoms with Crippen LogP contribution in [0, 0.1) is 0 Å². The fourth-order valence-corrected chi connectivity index (χ4v) is 2.35. The smallest absolute Gasteiger partial charge is 0.325 e. The molecule has 2 rings (SSSR count). The molecule has 1 N–H and O–H groups in total. The molecule has 1 aromatic carbocycles. The third-order valence-electron chi connectivity index (χ3n) is 3.44. The van der Waals surface area contributed by atoms with Crippen molar-refractivity contribution >= 4 is 22.9 Å². The molecule has 0 aliphatic carbocycles. The molecule has 0 fully saturated rings. The lowest BCUT2D eigenvalue weighted by Crippen LogP contribution is -2.23. The summed E-state index contributed by atoms with van der Waals surface area (Å²) in [4.78, 5) is 27.6. The highest BCUT2D eigenvalue weighted by Gasteiger charge is 2.13. The molecule has 0 saturated carbocycles. The molecule has 2 aromatic rings. The zero-order valence-corrected chi connectivity index (χ0v) is 13.4. The number of ether oxygens (including phenoxy) is 1. The number of allylic oxidation sites excluding steroid dienone is 1. The predicted molar refractivity (Wildman–Crippen MR) is 87.9 cm³/mol. The number of carbonyl (C=O) groups is 2. The molecule has 0 unspecified atom stereocenters. The van der Waals surface area contributed by atoms with Crippen molar-refractivity contribution in [2.75, 3.05) is 13.7 Å². The van der Waals surface area contributed by atoms with E-state index in [1.54, 1.807) is 13.0 Å². The lowest BCUT2D eigenvalue weighted by molar-refractivity contribution is -0.141. The van der Waals surface area contributed by atoms with Crippen LogP contribution < -0.4 is 5.32 Å². The maximum Gasteiger partial charge on any atom is 0.325 e. The predicted octanol–water partition coefficient (Wildman–Crippen LogP) is 1.83. The molecule has 1 aromatic heterocycles. The minimum absolute atomic E-state index is 0.101. The number of carbonyl (C=O) groups excluding carboxylic acids is 2. The van der Waals surface area contributed by atoms with Gasteiger partial charge in [0.1, 0.15) is 12.4 Å². The maximum atomic E-state index is 11.6. The van der Waals surface area contributed by atoms with Crippen LogP contribution in [0.1, 0.15) is 19.2 Å². The van der Waals surface area contributed by atoms with Crippen LogP contribution in [-0.4, -0.2) is 35.1 Å². The van der Waals surface area contributed by atoms with Crippen molar-refractivity contribution in [1.29, 1.82) is 0 Å². The van der Waals surface area contributed by atoms with Gasteiger partial charge in [-0.25, -0.2) is 4.98 Å². The summed E-state index contributed by atoms with van der Waals surface area (Å²) in [6, 6.07) is 7.68. The normalized spacial score (nSPS) is 11.0. The van der Waals surface area contributed by atoms with Crippen LogP contribution >= 0.6 is 0 Å². The minimum atomic E-state index is -0.309. The highest BCUT2D eigenvalue weighted by molar-refractivity contribution is 5.87. The molecule has 0 atom stereocenters. The third-order valence-corrected chi connectivity index (χ3v) is 3.44. The average Bonchev–Trinajstić information content (AvgIpc) is 2.89.